The molecule has 4 nitrogen and oxygen atoms in total. The number of thioether (sulfide) groups is 1. The number of unbranched alkanes of at least 4 members (excludes halogenated alkanes) is 1. The van der Waals surface area contributed by atoms with E-state index in [1.54, 1.807) is 11.0 Å². The molecule has 0 saturated carbocycles. The molecule has 0 aromatic heterocycles. The average Bonchev–Trinajstić information content (AvgIpc) is 2.90. The summed E-state index contributed by atoms with van der Waals surface area (Å²) in [5.41, 5.74) is 1.07. The number of rotatable bonds is 9. The first kappa shape index (κ1) is 20.4. The summed E-state index contributed by atoms with van der Waals surface area (Å²) in [4.78, 5) is 26.2. The third-order valence-electron chi connectivity index (χ3n) is 3.73. The highest BCUT2D eigenvalue weighted by Gasteiger charge is 2.31. The van der Waals surface area contributed by atoms with Gasteiger partial charge in [0, 0.05) is 13.0 Å². The number of carbonyl (C=O) groups excluding carboxylic acids is 2. The molecule has 6 heteroatoms. The summed E-state index contributed by atoms with van der Waals surface area (Å²) in [6.45, 7) is 2.95. The molecule has 2 rings (SSSR count). The van der Waals surface area contributed by atoms with E-state index in [0.29, 0.717) is 35.2 Å². The number of hydrogen-bond donors (Lipinski definition) is 0. The van der Waals surface area contributed by atoms with Crippen molar-refractivity contribution in [1.29, 1.82) is 0 Å². The van der Waals surface area contributed by atoms with E-state index in [9.17, 15) is 9.59 Å². The molecule has 0 bridgehead atoms. The first-order chi connectivity index (χ1) is 12.6. The Bertz CT molecular complexity index is 698. The molecule has 1 aliphatic heterocycles. The Morgan fingerprint density at radius 3 is 2.77 bits per heavy atom. The monoisotopic (exact) mass is 389 g/mol. The smallest absolute Gasteiger partial charge is 0.305 e. The van der Waals surface area contributed by atoms with Crippen LogP contribution in [0.15, 0.2) is 47.4 Å². The normalized spacial score (nSPS) is 16.0. The number of thiocarbonyl (C=S) groups is 1. The predicted molar refractivity (Wildman–Crippen MR) is 111 cm³/mol. The van der Waals surface area contributed by atoms with Crippen LogP contribution in [0.5, 0.6) is 0 Å². The molecule has 1 aliphatic rings. The minimum absolute atomic E-state index is 0.0999. The highest BCUT2D eigenvalue weighted by molar-refractivity contribution is 8.26. The lowest BCUT2D eigenvalue weighted by molar-refractivity contribution is -0.144. The lowest BCUT2D eigenvalue weighted by Crippen LogP contribution is -2.29. The summed E-state index contributed by atoms with van der Waals surface area (Å²) in [5.74, 6) is -0.317. The van der Waals surface area contributed by atoms with Gasteiger partial charge in [-0.15, -0.1) is 0 Å². The summed E-state index contributed by atoms with van der Waals surface area (Å²) < 4.78 is 5.65. The summed E-state index contributed by atoms with van der Waals surface area (Å²) in [6, 6.07) is 9.88. The van der Waals surface area contributed by atoms with Crippen molar-refractivity contribution in [3.63, 3.8) is 0 Å². The van der Waals surface area contributed by atoms with Crippen LogP contribution in [0, 0.1) is 0 Å². The molecule has 1 heterocycles. The van der Waals surface area contributed by atoms with E-state index in [2.05, 4.69) is 0 Å². The van der Waals surface area contributed by atoms with Crippen LogP contribution in [0.4, 0.5) is 0 Å². The van der Waals surface area contributed by atoms with Crippen LogP contribution in [-0.4, -0.2) is 34.2 Å². The predicted octanol–water partition coefficient (Wildman–Crippen LogP) is 4.57. The second kappa shape index (κ2) is 10.9. The number of ether oxygens (including phenoxy) is 1. The minimum Gasteiger partial charge on any atom is -0.466 e. The molecule has 0 atom stereocenters. The fraction of sp³-hybridized carbons (Fsp3) is 0.350. The highest BCUT2D eigenvalue weighted by Crippen LogP contribution is 2.31. The molecular formula is C20H23NO3S2. The van der Waals surface area contributed by atoms with Crippen molar-refractivity contribution in [1.82, 2.24) is 4.90 Å². The number of hydrogen-bond acceptors (Lipinski definition) is 5. The molecular weight excluding hydrogens is 366 g/mol. The van der Waals surface area contributed by atoms with Crippen LogP contribution in [-0.2, 0) is 14.3 Å². The fourth-order valence-corrected chi connectivity index (χ4v) is 3.56. The molecule has 1 fully saturated rings. The Morgan fingerprint density at radius 1 is 1.27 bits per heavy atom. The van der Waals surface area contributed by atoms with E-state index in [1.165, 1.54) is 11.8 Å². The molecule has 1 aromatic rings. The van der Waals surface area contributed by atoms with Gasteiger partial charge in [0.25, 0.3) is 5.91 Å². The molecule has 0 aliphatic carbocycles. The first-order valence-corrected chi connectivity index (χ1v) is 9.97. The van der Waals surface area contributed by atoms with E-state index >= 15 is 0 Å². The molecule has 0 unspecified atom stereocenters. The number of amides is 1. The standard InChI is InChI=1S/C20H23NO3S2/c1-2-3-15-24-18(22)13-8-14-21-19(23)17(26-20(21)25)12-7-11-16-9-5-4-6-10-16/h4-7,9-12H,2-3,8,13-15H2,1H3. The number of benzene rings is 1. The fourth-order valence-electron chi connectivity index (χ4n) is 2.30. The Kier molecular flexibility index (Phi) is 8.58. The Morgan fingerprint density at radius 2 is 2.04 bits per heavy atom. The van der Waals surface area contributed by atoms with Crippen molar-refractivity contribution in [3.05, 3.63) is 53.0 Å². The van der Waals surface area contributed by atoms with Crippen molar-refractivity contribution >= 4 is 46.3 Å². The van der Waals surface area contributed by atoms with Crippen molar-refractivity contribution in [2.24, 2.45) is 0 Å². The summed E-state index contributed by atoms with van der Waals surface area (Å²) >= 11 is 6.58. The number of esters is 1. The zero-order valence-corrected chi connectivity index (χ0v) is 16.5. The Hall–Kier alpha value is -1.92. The molecule has 0 spiro atoms. The van der Waals surface area contributed by atoms with E-state index in [0.717, 1.165) is 18.4 Å². The lowest BCUT2D eigenvalue weighted by atomic mass is 10.2. The van der Waals surface area contributed by atoms with Gasteiger partial charge in [0.15, 0.2) is 0 Å². The van der Waals surface area contributed by atoms with E-state index in [-0.39, 0.29) is 11.9 Å². The SMILES string of the molecule is CCCCOC(=O)CCCN1C(=O)C(=CC=Cc2ccccc2)SC1=S. The number of nitrogens with zero attached hydrogens (tertiary/aromatic N) is 1. The second-order valence-corrected chi connectivity index (χ2v) is 7.48. The van der Waals surface area contributed by atoms with E-state index < -0.39 is 0 Å². The zero-order valence-electron chi connectivity index (χ0n) is 14.8. The molecule has 26 heavy (non-hydrogen) atoms. The van der Waals surface area contributed by atoms with Crippen LogP contribution in [0.2, 0.25) is 0 Å². The zero-order chi connectivity index (χ0) is 18.8. The van der Waals surface area contributed by atoms with Gasteiger partial charge in [0.1, 0.15) is 4.32 Å². The van der Waals surface area contributed by atoms with Crippen molar-refractivity contribution in [2.75, 3.05) is 13.2 Å². The second-order valence-electron chi connectivity index (χ2n) is 5.80. The Balaban J connectivity index is 1.81. The minimum atomic E-state index is -0.217. The summed E-state index contributed by atoms with van der Waals surface area (Å²) in [7, 11) is 0. The van der Waals surface area contributed by atoms with Crippen molar-refractivity contribution in [3.8, 4) is 0 Å². The first-order valence-electron chi connectivity index (χ1n) is 8.74. The maximum atomic E-state index is 12.4. The third kappa shape index (κ3) is 6.42. The van der Waals surface area contributed by atoms with Gasteiger partial charge in [-0.2, -0.15) is 0 Å². The average molecular weight is 390 g/mol. The van der Waals surface area contributed by atoms with Crippen LogP contribution in [0.1, 0.15) is 38.2 Å². The van der Waals surface area contributed by atoms with Gasteiger partial charge in [0.05, 0.1) is 11.5 Å². The quantitative estimate of drug-likeness (QED) is 0.268. The topological polar surface area (TPSA) is 46.6 Å². The van der Waals surface area contributed by atoms with Gasteiger partial charge in [0.2, 0.25) is 0 Å². The van der Waals surface area contributed by atoms with Gasteiger partial charge in [-0.3, -0.25) is 14.5 Å². The van der Waals surface area contributed by atoms with Gasteiger partial charge in [-0.1, -0.05) is 79.8 Å². The summed E-state index contributed by atoms with van der Waals surface area (Å²) in [5, 5.41) is 0. The van der Waals surface area contributed by atoms with Gasteiger partial charge in [-0.05, 0) is 24.5 Å². The molecule has 1 aromatic carbocycles. The van der Waals surface area contributed by atoms with Crippen LogP contribution < -0.4 is 0 Å². The summed E-state index contributed by atoms with van der Waals surface area (Å²) in [6.07, 6.45) is 8.30. The largest absolute Gasteiger partial charge is 0.466 e. The van der Waals surface area contributed by atoms with Gasteiger partial charge in [-0.25, -0.2) is 0 Å². The van der Waals surface area contributed by atoms with Gasteiger partial charge >= 0.3 is 5.97 Å². The highest BCUT2D eigenvalue weighted by atomic mass is 32.2. The van der Waals surface area contributed by atoms with E-state index in [1.807, 2.05) is 49.4 Å². The maximum Gasteiger partial charge on any atom is 0.305 e. The van der Waals surface area contributed by atoms with E-state index in [4.69, 9.17) is 17.0 Å². The number of allylic oxidation sites excluding steroid dienone is 2. The van der Waals surface area contributed by atoms with Crippen molar-refractivity contribution < 1.29 is 14.3 Å². The third-order valence-corrected chi connectivity index (χ3v) is 5.13. The molecule has 138 valence electrons. The van der Waals surface area contributed by atoms with Crippen molar-refractivity contribution in [2.45, 2.75) is 32.6 Å². The molecule has 0 N–H and O–H groups in total. The molecule has 0 radical (unpaired) electrons. The maximum absolute atomic E-state index is 12.4. The van der Waals surface area contributed by atoms with Crippen LogP contribution in [0.25, 0.3) is 6.08 Å². The van der Waals surface area contributed by atoms with Crippen LogP contribution in [0.3, 0.4) is 0 Å². The molecule has 1 amide bonds. The Labute approximate surface area is 164 Å². The number of carbonyl (C=O) groups is 2. The van der Waals surface area contributed by atoms with Gasteiger partial charge < -0.3 is 4.74 Å². The lowest BCUT2D eigenvalue weighted by Gasteiger charge is -2.13. The molecule has 1 saturated heterocycles. The van der Waals surface area contributed by atoms with Crippen LogP contribution >= 0.6 is 24.0 Å².